The number of rotatable bonds is 2. The van der Waals surface area contributed by atoms with E-state index in [1.807, 2.05) is 12.1 Å². The Labute approximate surface area is 99.3 Å². The molecule has 2 N–H and O–H groups in total. The molecule has 0 aliphatic carbocycles. The fourth-order valence-electron chi connectivity index (χ4n) is 2.15. The van der Waals surface area contributed by atoms with Crippen molar-refractivity contribution in [1.29, 1.82) is 0 Å². The Morgan fingerprint density at radius 3 is 3.00 bits per heavy atom. The van der Waals surface area contributed by atoms with Gasteiger partial charge in [0.25, 0.3) is 0 Å². The van der Waals surface area contributed by atoms with Crippen molar-refractivity contribution in [2.24, 2.45) is 0 Å². The van der Waals surface area contributed by atoms with Crippen molar-refractivity contribution in [3.63, 3.8) is 0 Å². The van der Waals surface area contributed by atoms with Crippen LogP contribution in [0.15, 0.2) is 34.9 Å². The number of benzene rings is 1. The van der Waals surface area contributed by atoms with Crippen LogP contribution in [-0.4, -0.2) is 23.2 Å². The van der Waals surface area contributed by atoms with E-state index in [0.29, 0.717) is 17.2 Å². The summed E-state index contributed by atoms with van der Waals surface area (Å²) < 4.78 is 5.50. The van der Waals surface area contributed by atoms with E-state index in [-0.39, 0.29) is 5.75 Å². The molecule has 1 saturated heterocycles. The van der Waals surface area contributed by atoms with Crippen LogP contribution in [0.3, 0.4) is 0 Å². The second-order valence-electron chi connectivity index (χ2n) is 4.28. The van der Waals surface area contributed by atoms with Crippen LogP contribution in [0.5, 0.6) is 5.75 Å². The van der Waals surface area contributed by atoms with Crippen molar-refractivity contribution < 1.29 is 9.52 Å². The minimum Gasteiger partial charge on any atom is -0.507 e. The zero-order chi connectivity index (χ0) is 11.7. The summed E-state index contributed by atoms with van der Waals surface area (Å²) in [7, 11) is 0. The molecule has 1 aromatic carbocycles. The smallest absolute Gasteiger partial charge is 0.199 e. The number of nitrogens with one attached hydrogen (secondary N) is 1. The summed E-state index contributed by atoms with van der Waals surface area (Å²) in [5.41, 5.74) is 1.42. The number of hydrogen-bond donors (Lipinski definition) is 2. The summed E-state index contributed by atoms with van der Waals surface area (Å²) in [6.45, 7) is 1.93. The molecule has 1 aliphatic heterocycles. The summed E-state index contributed by atoms with van der Waals surface area (Å²) >= 11 is 0. The molecule has 3 rings (SSSR count). The number of aromatic nitrogens is 1. The Morgan fingerprint density at radius 2 is 2.24 bits per heavy atom. The third kappa shape index (κ3) is 1.91. The lowest BCUT2D eigenvalue weighted by Gasteiger charge is -2.01. The Hall–Kier alpha value is -1.81. The van der Waals surface area contributed by atoms with Crippen LogP contribution >= 0.6 is 0 Å². The highest BCUT2D eigenvalue weighted by molar-refractivity contribution is 5.65. The molecule has 4 nitrogen and oxygen atoms in total. The lowest BCUT2D eigenvalue weighted by Crippen LogP contribution is -2.08. The second kappa shape index (κ2) is 4.22. The Balaban J connectivity index is 1.92. The first-order valence-electron chi connectivity index (χ1n) is 5.79. The molecule has 2 heterocycles. The van der Waals surface area contributed by atoms with Gasteiger partial charge in [0.15, 0.2) is 5.89 Å². The van der Waals surface area contributed by atoms with Crippen molar-refractivity contribution in [2.45, 2.75) is 12.3 Å². The van der Waals surface area contributed by atoms with Crippen LogP contribution in [0.25, 0.3) is 11.3 Å². The maximum absolute atomic E-state index is 9.74. The topological polar surface area (TPSA) is 58.3 Å². The lowest BCUT2D eigenvalue weighted by atomic mass is 10.1. The van der Waals surface area contributed by atoms with Gasteiger partial charge in [0, 0.05) is 18.0 Å². The lowest BCUT2D eigenvalue weighted by molar-refractivity contribution is 0.457. The van der Waals surface area contributed by atoms with Gasteiger partial charge < -0.3 is 14.8 Å². The first-order chi connectivity index (χ1) is 8.34. The van der Waals surface area contributed by atoms with E-state index in [2.05, 4.69) is 10.3 Å². The van der Waals surface area contributed by atoms with Crippen molar-refractivity contribution in [2.75, 3.05) is 13.1 Å². The van der Waals surface area contributed by atoms with Gasteiger partial charge in [-0.15, -0.1) is 0 Å². The van der Waals surface area contributed by atoms with Gasteiger partial charge in [-0.2, -0.15) is 0 Å². The molecule has 4 heteroatoms. The minimum atomic E-state index is 0.233. The summed E-state index contributed by atoms with van der Waals surface area (Å²) in [6, 6.07) is 7.16. The molecule has 2 aromatic rings. The van der Waals surface area contributed by atoms with E-state index in [4.69, 9.17) is 4.42 Å². The molecule has 1 aromatic heterocycles. The molecule has 0 spiro atoms. The standard InChI is InChI=1S/C13H14N2O2/c16-12-4-2-1-3-10(12)11-8-17-13(15-11)9-5-6-14-7-9/h1-4,8-9,14,16H,5-7H2. The number of hydrogen-bond acceptors (Lipinski definition) is 4. The molecule has 0 amide bonds. The zero-order valence-corrected chi connectivity index (χ0v) is 9.39. The summed E-state index contributed by atoms with van der Waals surface area (Å²) in [5.74, 6) is 1.35. The van der Waals surface area contributed by atoms with Crippen LogP contribution in [0.4, 0.5) is 0 Å². The minimum absolute atomic E-state index is 0.233. The van der Waals surface area contributed by atoms with E-state index in [0.717, 1.165) is 25.4 Å². The monoisotopic (exact) mass is 230 g/mol. The third-order valence-corrected chi connectivity index (χ3v) is 3.11. The van der Waals surface area contributed by atoms with Crippen molar-refractivity contribution >= 4 is 0 Å². The van der Waals surface area contributed by atoms with Gasteiger partial charge in [-0.3, -0.25) is 0 Å². The SMILES string of the molecule is Oc1ccccc1-c1coc(C2CCNC2)n1. The Morgan fingerprint density at radius 1 is 1.35 bits per heavy atom. The zero-order valence-electron chi connectivity index (χ0n) is 9.39. The highest BCUT2D eigenvalue weighted by Gasteiger charge is 2.22. The van der Waals surface area contributed by atoms with E-state index in [9.17, 15) is 5.11 Å². The molecule has 17 heavy (non-hydrogen) atoms. The van der Waals surface area contributed by atoms with Gasteiger partial charge in [0.2, 0.25) is 0 Å². The number of aromatic hydroxyl groups is 1. The number of phenolic OH excluding ortho intramolecular Hbond substituents is 1. The maximum Gasteiger partial charge on any atom is 0.199 e. The molecule has 1 atom stereocenters. The normalized spacial score (nSPS) is 19.6. The van der Waals surface area contributed by atoms with Crippen LogP contribution in [0, 0.1) is 0 Å². The highest BCUT2D eigenvalue weighted by Crippen LogP contribution is 2.30. The predicted octanol–water partition coefficient (Wildman–Crippen LogP) is 2.12. The molecule has 1 fully saturated rings. The first kappa shape index (κ1) is 10.4. The number of nitrogens with zero attached hydrogens (tertiary/aromatic N) is 1. The van der Waals surface area contributed by atoms with Gasteiger partial charge in [0.1, 0.15) is 17.7 Å². The Kier molecular flexibility index (Phi) is 2.57. The number of oxazole rings is 1. The van der Waals surface area contributed by atoms with E-state index >= 15 is 0 Å². The van der Waals surface area contributed by atoms with Gasteiger partial charge in [-0.1, -0.05) is 12.1 Å². The Bertz CT molecular complexity index is 516. The quantitative estimate of drug-likeness (QED) is 0.829. The molecule has 0 bridgehead atoms. The van der Waals surface area contributed by atoms with Gasteiger partial charge in [-0.25, -0.2) is 4.98 Å². The molecule has 0 saturated carbocycles. The van der Waals surface area contributed by atoms with Gasteiger partial charge >= 0.3 is 0 Å². The average Bonchev–Trinajstić information content (AvgIpc) is 3.00. The first-order valence-corrected chi connectivity index (χ1v) is 5.79. The average molecular weight is 230 g/mol. The summed E-state index contributed by atoms with van der Waals surface area (Å²) in [6.07, 6.45) is 2.67. The largest absolute Gasteiger partial charge is 0.507 e. The third-order valence-electron chi connectivity index (χ3n) is 3.11. The molecular formula is C13H14N2O2. The number of phenols is 1. The predicted molar refractivity (Wildman–Crippen MR) is 63.8 cm³/mol. The molecule has 88 valence electrons. The second-order valence-corrected chi connectivity index (χ2v) is 4.28. The molecular weight excluding hydrogens is 216 g/mol. The van der Waals surface area contributed by atoms with Gasteiger partial charge in [-0.05, 0) is 25.1 Å². The summed E-state index contributed by atoms with van der Waals surface area (Å²) in [5, 5.41) is 13.0. The summed E-state index contributed by atoms with van der Waals surface area (Å²) in [4.78, 5) is 4.46. The number of para-hydroxylation sites is 1. The fourth-order valence-corrected chi connectivity index (χ4v) is 2.15. The van der Waals surface area contributed by atoms with Crippen molar-refractivity contribution in [3.8, 4) is 17.0 Å². The van der Waals surface area contributed by atoms with Crippen molar-refractivity contribution in [3.05, 3.63) is 36.4 Å². The molecule has 1 aliphatic rings. The van der Waals surface area contributed by atoms with Crippen molar-refractivity contribution in [1.82, 2.24) is 10.3 Å². The van der Waals surface area contributed by atoms with E-state index in [1.54, 1.807) is 18.4 Å². The fraction of sp³-hybridized carbons (Fsp3) is 0.308. The van der Waals surface area contributed by atoms with Crippen LogP contribution in [-0.2, 0) is 0 Å². The highest BCUT2D eigenvalue weighted by atomic mass is 16.3. The van der Waals surface area contributed by atoms with E-state index in [1.165, 1.54) is 0 Å². The molecule has 0 radical (unpaired) electrons. The molecule has 1 unspecified atom stereocenters. The van der Waals surface area contributed by atoms with Crippen LogP contribution in [0.2, 0.25) is 0 Å². The van der Waals surface area contributed by atoms with Gasteiger partial charge in [0.05, 0.1) is 0 Å². The van der Waals surface area contributed by atoms with Crippen LogP contribution in [0.1, 0.15) is 18.2 Å². The maximum atomic E-state index is 9.74. The van der Waals surface area contributed by atoms with Crippen LogP contribution < -0.4 is 5.32 Å². The van der Waals surface area contributed by atoms with E-state index < -0.39 is 0 Å².